The van der Waals surface area contributed by atoms with Crippen molar-refractivity contribution in [2.24, 2.45) is 23.7 Å². The zero-order valence-corrected chi connectivity index (χ0v) is 65.7. The second-order valence-corrected chi connectivity index (χ2v) is 36.7. The van der Waals surface area contributed by atoms with Gasteiger partial charge in [-0.3, -0.25) is 52.7 Å². The third-order valence-corrected chi connectivity index (χ3v) is 24.1. The van der Waals surface area contributed by atoms with Crippen molar-refractivity contribution in [2.75, 3.05) is 90.0 Å². The van der Waals surface area contributed by atoms with E-state index < -0.39 is 48.8 Å². The highest BCUT2D eigenvalue weighted by Crippen LogP contribution is 2.39. The summed E-state index contributed by atoms with van der Waals surface area (Å²) < 4.78 is 6.09. The van der Waals surface area contributed by atoms with E-state index in [1.807, 2.05) is 104 Å². The molecule has 12 aliphatic heterocycles. The van der Waals surface area contributed by atoms with Crippen molar-refractivity contribution in [1.82, 2.24) is 68.6 Å². The smallest absolute Gasteiger partial charge is 0.264 e. The summed E-state index contributed by atoms with van der Waals surface area (Å²) in [6, 6.07) is 35.4. The van der Waals surface area contributed by atoms with Crippen molar-refractivity contribution in [3.63, 3.8) is 0 Å². The molecule has 24 nitrogen and oxygen atoms in total. The predicted molar refractivity (Wildman–Crippen MR) is 446 cm³/mol. The van der Waals surface area contributed by atoms with Gasteiger partial charge in [0.05, 0.1) is 34.4 Å². The third-order valence-electron chi connectivity index (χ3n) is 22.9. The van der Waals surface area contributed by atoms with Crippen molar-refractivity contribution >= 4 is 90.2 Å². The van der Waals surface area contributed by atoms with Crippen molar-refractivity contribution in [2.45, 2.75) is 121 Å². The van der Waals surface area contributed by atoms with Gasteiger partial charge in [-0.25, -0.2) is 19.0 Å². The van der Waals surface area contributed by atoms with E-state index in [-0.39, 0.29) is 55.6 Å². The summed E-state index contributed by atoms with van der Waals surface area (Å²) in [7, 11) is -1.36. The molecule has 0 spiro atoms. The van der Waals surface area contributed by atoms with Crippen LogP contribution in [0.4, 0.5) is 11.6 Å². The maximum absolute atomic E-state index is 14.3. The standard InChI is InChI=1S/C33H31N7O3.C24H19ClN6O2.C12H21NOSi.C9H13NO.C7H11NO.CH4.B/c1-21(36-31(41)28-29(34)37-39-16-6-15-35-30(28)39)26-19-23-8-5-7-22(11-14-33(43)20-38-17-12-24(33)13-18-38)27(23)32(42)40(26)25-9-3-2-4-10-25;1-14(28-23(32)20-21(26)29-30-12-6-11-27-22(20)30)18-13-15-7-5-10-17(25)19(15)24(33)31(18)16-8-3-2-4-9-16;1-15(2,3)9-6-12(14)10-13-7-4-11(12)5-8-13;1-2-9(11)7-10-5-3-8(9)4-6-10;9-7-5-8-3-1-6(7)2-4-8;;/h2-10,15-16,19,21,24,43H,12-13,17-18,20H2,1H3,(H2,34,37)(H,36,41);2-14H,1H3,(H2,26,29)(H,28,32);11,14H,4-5,7-8,10H2,1-3H3;1,8,11H,3-7H2;6H,1-5H2;1H4;/t21-,33?;14-;;;;;/m00...../s1. The number of anilines is 2. The molecule has 3 unspecified atom stereocenters. The zero-order valence-electron chi connectivity index (χ0n) is 63.9. The normalized spacial score (nSPS) is 25.2. The molecule has 18 heterocycles. The SMILES string of the molecule is C.C#CC1(O)CN2CCC1CC2.C[C@H](NC(=O)c1c(N)nn2cccnc12)c1cc2cccc(C#CC3(O)CN4CCC3CC4)c2c(=O)n1-c1ccccc1.C[C@H](NC(=O)c1c(N)nn2cccnc12)c1cc2cccc(Cl)c2c(=O)n1-c1ccccc1.C[Si](C)(C)C#CC1(O)CN2CCC1CC2.O=C1CN2CCC1CC2.[B]. The van der Waals surface area contributed by atoms with Crippen LogP contribution in [0.15, 0.2) is 156 Å². The molecule has 8 bridgehead atoms. The van der Waals surface area contributed by atoms with Crippen LogP contribution >= 0.6 is 11.6 Å². The molecule has 585 valence electrons. The third kappa shape index (κ3) is 17.5. The molecule has 4 aromatic carbocycles. The van der Waals surface area contributed by atoms with E-state index in [1.165, 1.54) is 9.03 Å². The molecular formula is C86H99BClN16O8Si. The van der Waals surface area contributed by atoms with Crippen molar-refractivity contribution in [3.05, 3.63) is 200 Å². The number of nitrogens with zero attached hydrogens (tertiary/aromatic N) is 12. The topological polar surface area (TPSA) is 305 Å². The van der Waals surface area contributed by atoms with Crippen LogP contribution < -0.4 is 33.2 Å². The van der Waals surface area contributed by atoms with E-state index in [1.54, 1.807) is 65.1 Å². The lowest BCUT2D eigenvalue weighted by atomic mass is 9.75. The molecule has 27 heteroatoms. The second-order valence-electron chi connectivity index (χ2n) is 31.6. The number of Topliss-reactive ketones (excluding diaryl/α,β-unsaturated/α-hetero) is 1. The van der Waals surface area contributed by atoms with Gasteiger partial charge < -0.3 is 37.4 Å². The monoisotopic (exact) mass is 1560 g/mol. The average molecular weight is 1560 g/mol. The van der Waals surface area contributed by atoms with Crippen molar-refractivity contribution in [1.29, 1.82) is 0 Å². The number of nitrogens with one attached hydrogen (secondary N) is 2. The summed E-state index contributed by atoms with van der Waals surface area (Å²) in [5.74, 6) is 13.1. The number of para-hydroxylation sites is 2. The van der Waals surface area contributed by atoms with Crippen LogP contribution in [0, 0.1) is 59.3 Å². The molecule has 9 N–H and O–H groups in total. The van der Waals surface area contributed by atoms with Gasteiger partial charge in [0.1, 0.15) is 41.8 Å². The molecule has 12 saturated heterocycles. The minimum absolute atomic E-state index is 0. The number of amides is 2. The first-order valence-corrected chi connectivity index (χ1v) is 42.2. The highest BCUT2D eigenvalue weighted by molar-refractivity contribution is 6.83. The number of rotatable bonds is 8. The molecule has 3 radical (unpaired) electrons. The Morgan fingerprint density at radius 2 is 0.982 bits per heavy atom. The fraction of sp³-hybridized carbons (Fsp3) is 0.407. The number of terminal acetylenes is 1. The summed E-state index contributed by atoms with van der Waals surface area (Å²) >= 11 is 6.37. The second kappa shape index (κ2) is 34.2. The van der Waals surface area contributed by atoms with Crippen LogP contribution in [0.5, 0.6) is 0 Å². The molecule has 22 rings (SSSR count). The van der Waals surface area contributed by atoms with Crippen LogP contribution in [0.25, 0.3) is 44.2 Å². The van der Waals surface area contributed by atoms with E-state index in [0.29, 0.717) is 103 Å². The average Bonchev–Trinajstić information content (AvgIpc) is 1.09. The highest BCUT2D eigenvalue weighted by atomic mass is 35.5. The first kappa shape index (κ1) is 82.2. The largest absolute Gasteiger partial charge is 0.381 e. The molecule has 6 aromatic heterocycles. The zero-order chi connectivity index (χ0) is 78.1. The number of nitrogens with two attached hydrogens (primary N) is 2. The Morgan fingerprint density at radius 1 is 0.566 bits per heavy atom. The number of benzene rings is 4. The van der Waals surface area contributed by atoms with E-state index >= 15 is 0 Å². The Bertz CT molecular complexity index is 5480. The van der Waals surface area contributed by atoms with Gasteiger partial charge in [0.15, 0.2) is 22.9 Å². The molecule has 2 amide bonds. The highest BCUT2D eigenvalue weighted by Gasteiger charge is 2.47. The van der Waals surface area contributed by atoms with E-state index in [4.69, 9.17) is 29.5 Å². The summed E-state index contributed by atoms with van der Waals surface area (Å²) in [4.78, 5) is 83.2. The maximum atomic E-state index is 14.3. The number of pyridine rings is 2. The lowest BCUT2D eigenvalue weighted by Gasteiger charge is -2.48. The number of aromatic nitrogens is 8. The molecule has 12 aliphatic rings. The van der Waals surface area contributed by atoms with Gasteiger partial charge in [-0.15, -0.1) is 22.2 Å². The van der Waals surface area contributed by atoms with Gasteiger partial charge in [-0.1, -0.05) is 123 Å². The summed E-state index contributed by atoms with van der Waals surface area (Å²) in [6.07, 6.45) is 20.2. The lowest BCUT2D eigenvalue weighted by Crippen LogP contribution is -2.58. The first-order chi connectivity index (χ1) is 53.3. The maximum Gasteiger partial charge on any atom is 0.264 e. The molecule has 0 aliphatic carbocycles. The number of carbonyl (C=O) groups excluding carboxylic acids is 3. The number of nitrogen functional groups attached to an aromatic ring is 2. The van der Waals surface area contributed by atoms with Crippen molar-refractivity contribution < 1.29 is 29.7 Å². The van der Waals surface area contributed by atoms with E-state index in [0.717, 1.165) is 117 Å². The van der Waals surface area contributed by atoms with Crippen LogP contribution in [-0.2, 0) is 4.79 Å². The van der Waals surface area contributed by atoms with Gasteiger partial charge in [-0.05, 0) is 189 Å². The number of carbonyl (C=O) groups is 3. The lowest BCUT2D eigenvalue weighted by molar-refractivity contribution is -0.130. The molecule has 0 saturated carbocycles. The van der Waals surface area contributed by atoms with Crippen LogP contribution in [-0.4, -0.2) is 203 Å². The minimum atomic E-state index is -1.36. The number of halogens is 1. The summed E-state index contributed by atoms with van der Waals surface area (Å²) in [5, 5.41) is 48.7. The van der Waals surface area contributed by atoms with Gasteiger partial charge in [0, 0.05) is 105 Å². The summed E-state index contributed by atoms with van der Waals surface area (Å²) in [6.45, 7) is 21.9. The summed E-state index contributed by atoms with van der Waals surface area (Å²) in [5.41, 5.74) is 16.4. The predicted octanol–water partition coefficient (Wildman–Crippen LogP) is 8.61. The van der Waals surface area contributed by atoms with Crippen LogP contribution in [0.3, 0.4) is 0 Å². The Hall–Kier alpha value is -10.3. The van der Waals surface area contributed by atoms with E-state index in [2.05, 4.69) is 99.3 Å². The minimum Gasteiger partial charge on any atom is -0.381 e. The van der Waals surface area contributed by atoms with Gasteiger partial charge >= 0.3 is 0 Å². The number of fused-ring (bicyclic) bond motifs is 16. The first-order valence-electron chi connectivity index (χ1n) is 38.3. The quantitative estimate of drug-likeness (QED) is 0.0553. The Labute approximate surface area is 666 Å². The number of hydrogen-bond donors (Lipinski definition) is 7. The molecular weight excluding hydrogens is 1460 g/mol. The molecule has 5 atom stereocenters. The van der Waals surface area contributed by atoms with Gasteiger partial charge in [-0.2, -0.15) is 0 Å². The Balaban J connectivity index is 0.000000147. The molecule has 113 heavy (non-hydrogen) atoms. The van der Waals surface area contributed by atoms with Gasteiger partial charge in [0.25, 0.3) is 22.9 Å². The molecule has 10 aromatic rings. The number of hydrogen-bond acceptors (Lipinski definition) is 18. The van der Waals surface area contributed by atoms with Crippen LogP contribution in [0.1, 0.15) is 122 Å². The number of aliphatic hydroxyl groups is 3. The van der Waals surface area contributed by atoms with Gasteiger partial charge in [0.2, 0.25) is 0 Å². The number of piperidine rings is 12. The Kier molecular flexibility index (Phi) is 24.9. The fourth-order valence-corrected chi connectivity index (χ4v) is 17.7. The van der Waals surface area contributed by atoms with Crippen molar-refractivity contribution in [3.8, 4) is 47.0 Å². The number of ketones is 1. The Morgan fingerprint density at radius 3 is 1.37 bits per heavy atom. The molecule has 12 fully saturated rings. The van der Waals surface area contributed by atoms with Crippen LogP contribution in [0.2, 0.25) is 24.7 Å². The van der Waals surface area contributed by atoms with E-state index in [9.17, 15) is 39.3 Å². The fourth-order valence-electron chi connectivity index (χ4n) is 16.9.